The second-order valence-corrected chi connectivity index (χ2v) is 5.58. The summed E-state index contributed by atoms with van der Waals surface area (Å²) in [5, 5.41) is 0.491. The van der Waals surface area contributed by atoms with Gasteiger partial charge in [-0.15, -0.1) is 0 Å². The monoisotopic (exact) mass is 360 g/mol. The summed E-state index contributed by atoms with van der Waals surface area (Å²) < 4.78 is 5.70. The van der Waals surface area contributed by atoms with Gasteiger partial charge in [-0.05, 0) is 25.1 Å². The van der Waals surface area contributed by atoms with Crippen LogP contribution in [0.15, 0.2) is 22.7 Å². The van der Waals surface area contributed by atoms with Crippen molar-refractivity contribution >= 4 is 45.2 Å². The second-order valence-electron chi connectivity index (χ2n) is 4.26. The van der Waals surface area contributed by atoms with Gasteiger partial charge in [-0.25, -0.2) is 4.79 Å². The molecule has 1 fully saturated rings. The third kappa shape index (κ3) is 3.24. The average molecular weight is 362 g/mol. The molecule has 1 aliphatic heterocycles. The van der Waals surface area contributed by atoms with Gasteiger partial charge in [0.25, 0.3) is 0 Å². The lowest BCUT2D eigenvalue weighted by Crippen LogP contribution is -2.36. The summed E-state index contributed by atoms with van der Waals surface area (Å²) in [6.45, 7) is 2.99. The fraction of sp³-hybridized carbons (Fsp3) is 0.385. The molecule has 0 aliphatic carbocycles. The van der Waals surface area contributed by atoms with Crippen LogP contribution in [0.5, 0.6) is 0 Å². The molecular weight excluding hydrogens is 348 g/mol. The van der Waals surface area contributed by atoms with Crippen LogP contribution in [-0.2, 0) is 9.53 Å². The standard InChI is InChI=1S/C13H14BrClN2O3/c1-2-20-12(18)8-16-5-6-17(13(16)19)11-4-3-9(14)7-10(11)15/h3-4,7H,2,5-6,8H2,1H3. The van der Waals surface area contributed by atoms with Crippen molar-refractivity contribution in [2.45, 2.75) is 6.92 Å². The number of rotatable bonds is 4. The number of hydrogen-bond donors (Lipinski definition) is 0. The number of halogens is 2. The Hall–Kier alpha value is -1.27. The van der Waals surface area contributed by atoms with Crippen molar-refractivity contribution in [1.29, 1.82) is 0 Å². The molecule has 0 atom stereocenters. The first-order chi connectivity index (χ1) is 9.52. The van der Waals surface area contributed by atoms with Crippen LogP contribution in [0.4, 0.5) is 10.5 Å². The Bertz CT molecular complexity index is 538. The van der Waals surface area contributed by atoms with Crippen LogP contribution in [0, 0.1) is 0 Å². The van der Waals surface area contributed by atoms with Gasteiger partial charge in [0.1, 0.15) is 6.54 Å². The highest BCUT2D eigenvalue weighted by atomic mass is 79.9. The molecule has 1 aromatic rings. The predicted molar refractivity (Wildman–Crippen MR) is 80.1 cm³/mol. The van der Waals surface area contributed by atoms with E-state index in [1.807, 2.05) is 6.07 Å². The number of carbonyl (C=O) groups is 2. The Morgan fingerprint density at radius 2 is 2.20 bits per heavy atom. The molecule has 5 nitrogen and oxygen atoms in total. The van der Waals surface area contributed by atoms with Crippen molar-refractivity contribution in [2.24, 2.45) is 0 Å². The zero-order valence-corrected chi connectivity index (χ0v) is 13.3. The molecule has 1 aromatic carbocycles. The molecule has 1 saturated heterocycles. The lowest BCUT2D eigenvalue weighted by Gasteiger charge is -2.19. The van der Waals surface area contributed by atoms with Crippen LogP contribution in [0.1, 0.15) is 6.92 Å². The van der Waals surface area contributed by atoms with Crippen molar-refractivity contribution in [3.8, 4) is 0 Å². The van der Waals surface area contributed by atoms with Gasteiger partial charge in [-0.2, -0.15) is 0 Å². The number of urea groups is 1. The van der Waals surface area contributed by atoms with E-state index < -0.39 is 5.97 Å². The van der Waals surface area contributed by atoms with E-state index in [9.17, 15) is 9.59 Å². The van der Waals surface area contributed by atoms with Crippen LogP contribution in [0.3, 0.4) is 0 Å². The van der Waals surface area contributed by atoms with Gasteiger partial charge in [0.15, 0.2) is 0 Å². The van der Waals surface area contributed by atoms with E-state index in [1.165, 1.54) is 4.90 Å². The molecule has 0 spiro atoms. The zero-order valence-electron chi connectivity index (χ0n) is 10.9. The maximum absolute atomic E-state index is 12.3. The quantitative estimate of drug-likeness (QED) is 0.775. The van der Waals surface area contributed by atoms with Gasteiger partial charge in [0, 0.05) is 17.6 Å². The van der Waals surface area contributed by atoms with Gasteiger partial charge < -0.3 is 9.64 Å². The van der Waals surface area contributed by atoms with E-state index in [0.717, 1.165) is 4.47 Å². The van der Waals surface area contributed by atoms with Gasteiger partial charge >= 0.3 is 12.0 Å². The first-order valence-electron chi connectivity index (χ1n) is 6.20. The van der Waals surface area contributed by atoms with Gasteiger partial charge in [0.2, 0.25) is 0 Å². The molecule has 0 unspecified atom stereocenters. The van der Waals surface area contributed by atoms with Crippen LogP contribution < -0.4 is 4.90 Å². The number of nitrogens with zero attached hydrogens (tertiary/aromatic N) is 2. The Labute approximate surface area is 130 Å². The SMILES string of the molecule is CCOC(=O)CN1CCN(c2ccc(Br)cc2Cl)C1=O. The van der Waals surface area contributed by atoms with E-state index in [1.54, 1.807) is 24.0 Å². The number of hydrogen-bond acceptors (Lipinski definition) is 3. The highest BCUT2D eigenvalue weighted by molar-refractivity contribution is 9.10. The smallest absolute Gasteiger partial charge is 0.325 e. The maximum atomic E-state index is 12.3. The Morgan fingerprint density at radius 1 is 1.45 bits per heavy atom. The third-order valence-electron chi connectivity index (χ3n) is 2.92. The van der Waals surface area contributed by atoms with Crippen LogP contribution in [0.25, 0.3) is 0 Å². The fourth-order valence-electron chi connectivity index (χ4n) is 2.02. The van der Waals surface area contributed by atoms with E-state index >= 15 is 0 Å². The predicted octanol–water partition coefficient (Wildman–Crippen LogP) is 2.91. The number of anilines is 1. The molecule has 0 saturated carbocycles. The van der Waals surface area contributed by atoms with Crippen molar-refractivity contribution < 1.29 is 14.3 Å². The minimum atomic E-state index is -0.399. The largest absolute Gasteiger partial charge is 0.465 e. The van der Waals surface area contributed by atoms with E-state index in [4.69, 9.17) is 16.3 Å². The Morgan fingerprint density at radius 3 is 2.85 bits per heavy atom. The lowest BCUT2D eigenvalue weighted by atomic mass is 10.3. The molecule has 20 heavy (non-hydrogen) atoms. The normalized spacial score (nSPS) is 14.8. The van der Waals surface area contributed by atoms with Gasteiger partial charge in [-0.1, -0.05) is 27.5 Å². The highest BCUT2D eigenvalue weighted by Gasteiger charge is 2.32. The summed E-state index contributed by atoms with van der Waals surface area (Å²) in [4.78, 5) is 26.7. The summed E-state index contributed by atoms with van der Waals surface area (Å²) in [5.74, 6) is -0.399. The molecule has 0 bridgehead atoms. The second kappa shape index (κ2) is 6.45. The minimum absolute atomic E-state index is 0.0304. The Balaban J connectivity index is 2.09. The molecule has 2 rings (SSSR count). The number of esters is 1. The maximum Gasteiger partial charge on any atom is 0.325 e. The molecule has 0 radical (unpaired) electrons. The molecule has 1 aliphatic rings. The van der Waals surface area contributed by atoms with E-state index in [2.05, 4.69) is 15.9 Å². The average Bonchev–Trinajstić information content (AvgIpc) is 2.72. The van der Waals surface area contributed by atoms with Crippen molar-refractivity contribution in [2.75, 3.05) is 31.1 Å². The molecular formula is C13H14BrClN2O3. The molecule has 2 amide bonds. The molecule has 0 aromatic heterocycles. The van der Waals surface area contributed by atoms with Crippen molar-refractivity contribution in [3.63, 3.8) is 0 Å². The summed E-state index contributed by atoms with van der Waals surface area (Å²) in [7, 11) is 0. The number of carbonyl (C=O) groups excluding carboxylic acids is 2. The number of benzene rings is 1. The van der Waals surface area contributed by atoms with Crippen LogP contribution >= 0.6 is 27.5 Å². The van der Waals surface area contributed by atoms with E-state index in [0.29, 0.717) is 30.4 Å². The summed E-state index contributed by atoms with van der Waals surface area (Å²) in [5.41, 5.74) is 0.645. The van der Waals surface area contributed by atoms with Crippen LogP contribution in [0.2, 0.25) is 5.02 Å². The summed E-state index contributed by atoms with van der Waals surface area (Å²) >= 11 is 9.47. The molecule has 1 heterocycles. The van der Waals surface area contributed by atoms with Gasteiger partial charge in [0.05, 0.1) is 17.3 Å². The molecule has 7 heteroatoms. The first kappa shape index (κ1) is 15.1. The molecule has 0 N–H and O–H groups in total. The van der Waals surface area contributed by atoms with Gasteiger partial charge in [-0.3, -0.25) is 9.69 Å². The first-order valence-corrected chi connectivity index (χ1v) is 7.37. The summed E-state index contributed by atoms with van der Waals surface area (Å²) in [6, 6.07) is 5.10. The van der Waals surface area contributed by atoms with E-state index in [-0.39, 0.29) is 12.6 Å². The number of ether oxygens (including phenoxy) is 1. The lowest BCUT2D eigenvalue weighted by molar-refractivity contribution is -0.143. The van der Waals surface area contributed by atoms with Crippen LogP contribution in [-0.4, -0.2) is 43.1 Å². The van der Waals surface area contributed by atoms with Crippen molar-refractivity contribution in [1.82, 2.24) is 4.90 Å². The number of amides is 2. The van der Waals surface area contributed by atoms with Crippen molar-refractivity contribution in [3.05, 3.63) is 27.7 Å². The molecule has 108 valence electrons. The topological polar surface area (TPSA) is 49.9 Å². The third-order valence-corrected chi connectivity index (χ3v) is 3.72. The minimum Gasteiger partial charge on any atom is -0.465 e. The zero-order chi connectivity index (χ0) is 14.7. The summed E-state index contributed by atoms with van der Waals surface area (Å²) in [6.07, 6.45) is 0. The fourth-order valence-corrected chi connectivity index (χ4v) is 2.79. The Kier molecular flexibility index (Phi) is 4.88. The highest BCUT2D eigenvalue weighted by Crippen LogP contribution is 2.31.